The first-order valence-electron chi connectivity index (χ1n) is 12.7. The second-order valence-corrected chi connectivity index (χ2v) is 13.0. The number of piperidine rings is 2. The lowest BCUT2D eigenvalue weighted by Gasteiger charge is -2.40. The molecule has 4 heteroatoms. The summed E-state index contributed by atoms with van der Waals surface area (Å²) < 4.78 is 0.849. The van der Waals surface area contributed by atoms with E-state index in [2.05, 4.69) is 81.9 Å². The molecule has 0 atom stereocenters. The zero-order valence-electron chi connectivity index (χ0n) is 19.2. The average molecular weight is 465 g/mol. The highest BCUT2D eigenvalue weighted by molar-refractivity contribution is 8.00. The first-order chi connectivity index (χ1) is 15.8. The number of fused-ring (bicyclic) bond motifs is 4. The third kappa shape index (κ3) is 3.96. The molecular weight excluding hydrogens is 428 g/mol. The Morgan fingerprint density at radius 1 is 0.594 bits per heavy atom. The van der Waals surface area contributed by atoms with Gasteiger partial charge < -0.3 is 9.80 Å². The SMILES string of the molecule is c1ccc2c(c1)CSC21CCN(CCCCN2CCC3(CC2)SCc2ccccc23)CC1. The van der Waals surface area contributed by atoms with Crippen molar-refractivity contribution in [2.24, 2.45) is 0 Å². The lowest BCUT2D eigenvalue weighted by atomic mass is 9.86. The average Bonchev–Trinajstić information content (AvgIpc) is 3.39. The van der Waals surface area contributed by atoms with Crippen molar-refractivity contribution in [2.45, 2.75) is 59.5 Å². The van der Waals surface area contributed by atoms with Crippen molar-refractivity contribution in [3.05, 3.63) is 70.8 Å². The number of unbranched alkanes of at least 4 members (excludes halogenated alkanes) is 1. The van der Waals surface area contributed by atoms with Crippen LogP contribution in [-0.2, 0) is 21.0 Å². The fourth-order valence-corrected chi connectivity index (χ4v) is 9.56. The van der Waals surface area contributed by atoms with Crippen LogP contribution in [0.3, 0.4) is 0 Å². The lowest BCUT2D eigenvalue weighted by molar-refractivity contribution is 0.178. The molecule has 2 nitrogen and oxygen atoms in total. The third-order valence-electron chi connectivity index (χ3n) is 8.55. The molecular formula is C28H36N2S2. The van der Waals surface area contributed by atoms with Crippen molar-refractivity contribution in [2.75, 3.05) is 39.3 Å². The van der Waals surface area contributed by atoms with E-state index in [0.717, 1.165) is 0 Å². The molecule has 0 bridgehead atoms. The molecule has 0 saturated carbocycles. The summed E-state index contributed by atoms with van der Waals surface area (Å²) in [5.41, 5.74) is 6.48. The van der Waals surface area contributed by atoms with Gasteiger partial charge in [-0.1, -0.05) is 48.5 Å². The highest BCUT2D eigenvalue weighted by Crippen LogP contribution is 2.54. The first-order valence-corrected chi connectivity index (χ1v) is 14.6. The molecule has 170 valence electrons. The van der Waals surface area contributed by atoms with Gasteiger partial charge in [0.25, 0.3) is 0 Å². The van der Waals surface area contributed by atoms with Crippen molar-refractivity contribution in [1.82, 2.24) is 9.80 Å². The molecule has 2 aromatic carbocycles. The Labute approximate surface area is 202 Å². The number of thioether (sulfide) groups is 2. The molecule has 0 amide bonds. The van der Waals surface area contributed by atoms with Crippen LogP contribution in [-0.4, -0.2) is 49.1 Å². The van der Waals surface area contributed by atoms with Gasteiger partial charge in [-0.3, -0.25) is 0 Å². The normalized spacial score (nSPS) is 24.1. The number of rotatable bonds is 5. The minimum atomic E-state index is 0.424. The molecule has 32 heavy (non-hydrogen) atoms. The van der Waals surface area contributed by atoms with Crippen LogP contribution in [0.2, 0.25) is 0 Å². The van der Waals surface area contributed by atoms with E-state index in [4.69, 9.17) is 0 Å². The fourth-order valence-electron chi connectivity index (χ4n) is 6.54. The summed E-state index contributed by atoms with van der Waals surface area (Å²) in [6.07, 6.45) is 8.06. The van der Waals surface area contributed by atoms with Crippen LogP contribution in [0.5, 0.6) is 0 Å². The summed E-state index contributed by atoms with van der Waals surface area (Å²) in [5, 5.41) is 0. The predicted molar refractivity (Wildman–Crippen MR) is 139 cm³/mol. The Morgan fingerprint density at radius 2 is 1.00 bits per heavy atom. The standard InChI is InChI=1S/C28H36N2S2/c1-3-9-25-23(7-1)21-31-27(25)11-17-29(18-12-27)15-5-6-16-30-19-13-28(14-20-30)26-10-4-2-8-24(26)22-32-28/h1-4,7-10H,5-6,11-22H2. The van der Waals surface area contributed by atoms with Crippen LogP contribution in [0.4, 0.5) is 0 Å². The van der Waals surface area contributed by atoms with Crippen molar-refractivity contribution >= 4 is 23.5 Å². The summed E-state index contributed by atoms with van der Waals surface area (Å²) >= 11 is 4.42. The zero-order chi connectivity index (χ0) is 21.4. The largest absolute Gasteiger partial charge is 0.303 e. The Kier molecular flexibility index (Phi) is 6.08. The van der Waals surface area contributed by atoms with E-state index in [1.165, 1.54) is 89.3 Å². The maximum atomic E-state index is 2.74. The molecule has 4 aliphatic rings. The van der Waals surface area contributed by atoms with Crippen LogP contribution in [0.25, 0.3) is 0 Å². The first kappa shape index (κ1) is 21.6. The molecule has 2 saturated heterocycles. The summed E-state index contributed by atoms with van der Waals surface area (Å²) in [6, 6.07) is 18.4. The van der Waals surface area contributed by atoms with Gasteiger partial charge in [0.05, 0.1) is 0 Å². The topological polar surface area (TPSA) is 6.48 Å². The Balaban J connectivity index is 0.926. The molecule has 2 aromatic rings. The van der Waals surface area contributed by atoms with E-state index in [0.29, 0.717) is 9.49 Å². The van der Waals surface area contributed by atoms with E-state index in [1.54, 1.807) is 22.3 Å². The van der Waals surface area contributed by atoms with E-state index in [-0.39, 0.29) is 0 Å². The van der Waals surface area contributed by atoms with E-state index in [1.807, 2.05) is 0 Å². The van der Waals surface area contributed by atoms with Gasteiger partial charge in [-0.2, -0.15) is 0 Å². The minimum absolute atomic E-state index is 0.424. The van der Waals surface area contributed by atoms with Gasteiger partial charge in [0, 0.05) is 21.0 Å². The fraction of sp³-hybridized carbons (Fsp3) is 0.571. The number of benzene rings is 2. The van der Waals surface area contributed by atoms with Crippen molar-refractivity contribution in [1.29, 1.82) is 0 Å². The smallest absolute Gasteiger partial charge is 0.0439 e. The summed E-state index contributed by atoms with van der Waals surface area (Å²) in [7, 11) is 0. The van der Waals surface area contributed by atoms with Gasteiger partial charge in [0.15, 0.2) is 0 Å². The Bertz CT molecular complexity index is 864. The van der Waals surface area contributed by atoms with Crippen LogP contribution >= 0.6 is 23.5 Å². The molecule has 4 aliphatic heterocycles. The Hall–Kier alpha value is -0.940. The van der Waals surface area contributed by atoms with Crippen LogP contribution in [0.1, 0.15) is 60.8 Å². The van der Waals surface area contributed by atoms with Crippen molar-refractivity contribution in [3.8, 4) is 0 Å². The molecule has 2 fully saturated rings. The van der Waals surface area contributed by atoms with E-state index in [9.17, 15) is 0 Å². The maximum absolute atomic E-state index is 2.74. The van der Waals surface area contributed by atoms with Crippen molar-refractivity contribution < 1.29 is 0 Å². The van der Waals surface area contributed by atoms with Crippen LogP contribution < -0.4 is 0 Å². The molecule has 0 unspecified atom stereocenters. The van der Waals surface area contributed by atoms with E-state index >= 15 is 0 Å². The van der Waals surface area contributed by atoms with Crippen LogP contribution in [0, 0.1) is 0 Å². The monoisotopic (exact) mass is 464 g/mol. The van der Waals surface area contributed by atoms with Gasteiger partial charge in [-0.05, 0) is 100 Å². The molecule has 2 spiro atoms. The van der Waals surface area contributed by atoms with Gasteiger partial charge >= 0.3 is 0 Å². The predicted octanol–water partition coefficient (Wildman–Crippen LogP) is 6.24. The molecule has 0 radical (unpaired) electrons. The lowest BCUT2D eigenvalue weighted by Crippen LogP contribution is -2.41. The molecule has 0 aliphatic carbocycles. The molecule has 6 rings (SSSR count). The van der Waals surface area contributed by atoms with Gasteiger partial charge in [0.2, 0.25) is 0 Å². The van der Waals surface area contributed by atoms with Gasteiger partial charge in [-0.15, -0.1) is 23.5 Å². The number of hydrogen-bond acceptors (Lipinski definition) is 4. The highest BCUT2D eigenvalue weighted by atomic mass is 32.2. The van der Waals surface area contributed by atoms with Crippen LogP contribution in [0.15, 0.2) is 48.5 Å². The Morgan fingerprint density at radius 3 is 1.44 bits per heavy atom. The number of hydrogen-bond donors (Lipinski definition) is 0. The van der Waals surface area contributed by atoms with Crippen molar-refractivity contribution in [3.63, 3.8) is 0 Å². The quantitative estimate of drug-likeness (QED) is 0.483. The zero-order valence-corrected chi connectivity index (χ0v) is 20.9. The minimum Gasteiger partial charge on any atom is -0.303 e. The molecule has 0 aromatic heterocycles. The summed E-state index contributed by atoms with van der Waals surface area (Å²) in [5.74, 6) is 2.44. The summed E-state index contributed by atoms with van der Waals surface area (Å²) in [4.78, 5) is 5.48. The third-order valence-corrected chi connectivity index (χ3v) is 11.8. The maximum Gasteiger partial charge on any atom is 0.0439 e. The molecule has 4 heterocycles. The summed E-state index contributed by atoms with van der Waals surface area (Å²) in [6.45, 7) is 7.72. The number of nitrogens with zero attached hydrogens (tertiary/aromatic N) is 2. The highest BCUT2D eigenvalue weighted by Gasteiger charge is 2.42. The second kappa shape index (κ2) is 9.02. The van der Waals surface area contributed by atoms with Gasteiger partial charge in [-0.25, -0.2) is 0 Å². The van der Waals surface area contributed by atoms with Gasteiger partial charge in [0.1, 0.15) is 0 Å². The number of likely N-dealkylation sites (tertiary alicyclic amines) is 2. The van der Waals surface area contributed by atoms with E-state index < -0.39 is 0 Å². The molecule has 0 N–H and O–H groups in total. The second-order valence-electron chi connectivity index (χ2n) is 10.3.